The van der Waals surface area contributed by atoms with Gasteiger partial charge in [0.2, 0.25) is 6.29 Å². The average Bonchev–Trinajstić information content (AvgIpc) is 3.39. The highest BCUT2D eigenvalue weighted by Crippen LogP contribution is 2.83. The molecule has 4 saturated carbocycles. The predicted molar refractivity (Wildman–Crippen MR) is 161 cm³/mol. The molecule has 13 heteroatoms. The molecule has 48 heavy (non-hydrogen) atoms. The van der Waals surface area contributed by atoms with Crippen LogP contribution in [0.3, 0.4) is 0 Å². The summed E-state index contributed by atoms with van der Waals surface area (Å²) in [7, 11) is 0. The van der Waals surface area contributed by atoms with E-state index in [9.17, 15) is 29.7 Å². The van der Waals surface area contributed by atoms with Crippen molar-refractivity contribution in [3.63, 3.8) is 0 Å². The van der Waals surface area contributed by atoms with Crippen LogP contribution >= 0.6 is 0 Å². The van der Waals surface area contributed by atoms with Crippen molar-refractivity contribution in [1.82, 2.24) is 0 Å². The first-order valence-electron chi connectivity index (χ1n) is 16.9. The van der Waals surface area contributed by atoms with Gasteiger partial charge in [0.05, 0.1) is 54.2 Å². The van der Waals surface area contributed by atoms with E-state index in [0.717, 1.165) is 12.5 Å². The maximum Gasteiger partial charge on any atom is 0.310 e. The molecule has 2 unspecified atom stereocenters. The van der Waals surface area contributed by atoms with E-state index in [4.69, 9.17) is 28.1 Å². The number of hydrogen-bond donors (Lipinski definition) is 3. The third kappa shape index (κ3) is 3.74. The molecule has 1 aromatic heterocycles. The standard InChI is InChI=1S/C35H46O13/c1-8-15(2)29(42)47-30-31(5)20-12-21(38)33(7)25(34(20,14-44-30)26(41)24(40)27(31)45-16(3)36)23(39)28(46-17(4)37)32(6)19(18-9-10-43-13-18)11-22-35(32,33)48-22/h9-10,13,15,19-22,24-28,30,38,40-41H,8,11-12,14H2,1-7H3/t15?,19-,20-,21+,22+,24+,25-,26-,27+,28-,30?,31+,32+,33+,34-,35+/m0/s1. The highest BCUT2D eigenvalue weighted by molar-refractivity contribution is 5.93. The van der Waals surface area contributed by atoms with E-state index < -0.39 is 112 Å². The molecule has 264 valence electrons. The molecular weight excluding hydrogens is 628 g/mol. The second-order valence-corrected chi connectivity index (χ2v) is 15.7. The number of epoxide rings is 1. The predicted octanol–water partition coefficient (Wildman–Crippen LogP) is 2.03. The molecule has 7 rings (SSSR count). The second kappa shape index (κ2) is 10.6. The molecule has 0 radical (unpaired) electrons. The first kappa shape index (κ1) is 33.6. The first-order chi connectivity index (χ1) is 22.5. The summed E-state index contributed by atoms with van der Waals surface area (Å²) in [6, 6.07) is 1.81. The zero-order chi connectivity index (χ0) is 34.9. The fourth-order valence-corrected chi connectivity index (χ4v) is 11.6. The van der Waals surface area contributed by atoms with Crippen LogP contribution in [0, 0.1) is 39.4 Å². The van der Waals surface area contributed by atoms with Crippen molar-refractivity contribution < 1.29 is 62.6 Å². The van der Waals surface area contributed by atoms with Gasteiger partial charge in [-0.05, 0) is 43.7 Å². The Balaban J connectivity index is 1.42. The van der Waals surface area contributed by atoms with E-state index in [0.29, 0.717) is 12.8 Å². The van der Waals surface area contributed by atoms with Gasteiger partial charge in [-0.15, -0.1) is 0 Å². The van der Waals surface area contributed by atoms with Crippen molar-refractivity contribution in [3.05, 3.63) is 24.2 Å². The molecule has 6 fully saturated rings. The largest absolute Gasteiger partial charge is 0.472 e. The molecule has 2 saturated heterocycles. The van der Waals surface area contributed by atoms with E-state index in [2.05, 4.69) is 0 Å². The van der Waals surface area contributed by atoms with E-state index in [-0.39, 0.29) is 18.9 Å². The Bertz CT molecular complexity index is 1530. The molecule has 1 aromatic rings. The van der Waals surface area contributed by atoms with Crippen LogP contribution in [-0.4, -0.2) is 94.1 Å². The Labute approximate surface area is 278 Å². The molecule has 3 heterocycles. The number of ether oxygens (including phenoxy) is 5. The summed E-state index contributed by atoms with van der Waals surface area (Å²) in [6.45, 7) is 10.9. The zero-order valence-corrected chi connectivity index (χ0v) is 28.3. The van der Waals surface area contributed by atoms with Crippen LogP contribution < -0.4 is 0 Å². The van der Waals surface area contributed by atoms with E-state index in [1.54, 1.807) is 27.0 Å². The number of aliphatic hydroxyl groups is 3. The number of carbonyl (C=O) groups is 4. The molecule has 16 atom stereocenters. The molecule has 2 bridgehead atoms. The Morgan fingerprint density at radius 3 is 2.31 bits per heavy atom. The molecule has 1 spiro atoms. The summed E-state index contributed by atoms with van der Waals surface area (Å²) in [6.07, 6.45) is -5.16. The van der Waals surface area contributed by atoms with Crippen molar-refractivity contribution in [1.29, 1.82) is 0 Å². The van der Waals surface area contributed by atoms with E-state index >= 15 is 4.79 Å². The summed E-state index contributed by atoms with van der Waals surface area (Å²) in [5, 5.41) is 36.6. The van der Waals surface area contributed by atoms with Crippen molar-refractivity contribution >= 4 is 23.7 Å². The summed E-state index contributed by atoms with van der Waals surface area (Å²) in [5.74, 6) is -5.51. The third-order valence-corrected chi connectivity index (χ3v) is 13.8. The molecule has 13 nitrogen and oxygen atoms in total. The van der Waals surface area contributed by atoms with Crippen molar-refractivity contribution in [2.75, 3.05) is 6.61 Å². The third-order valence-electron chi connectivity index (χ3n) is 13.8. The number of Topliss-reactive ketones (excluding diaryl/α,β-unsaturated/α-hetero) is 1. The Kier molecular flexibility index (Phi) is 7.42. The Morgan fingerprint density at radius 2 is 1.71 bits per heavy atom. The van der Waals surface area contributed by atoms with Gasteiger partial charge in [0.25, 0.3) is 0 Å². The average molecular weight is 675 g/mol. The van der Waals surface area contributed by atoms with Gasteiger partial charge in [0.15, 0.2) is 11.9 Å². The highest BCUT2D eigenvalue weighted by atomic mass is 16.7. The van der Waals surface area contributed by atoms with Crippen LogP contribution in [-0.2, 0) is 42.9 Å². The summed E-state index contributed by atoms with van der Waals surface area (Å²) < 4.78 is 36.0. The van der Waals surface area contributed by atoms with Gasteiger partial charge in [-0.1, -0.05) is 27.7 Å². The number of aliphatic hydroxyl groups excluding tert-OH is 3. The van der Waals surface area contributed by atoms with E-state index in [1.165, 1.54) is 13.2 Å². The zero-order valence-electron chi connectivity index (χ0n) is 28.3. The van der Waals surface area contributed by atoms with Gasteiger partial charge in [-0.3, -0.25) is 19.2 Å². The number of ketones is 1. The lowest BCUT2D eigenvalue weighted by atomic mass is 9.33. The molecule has 4 aliphatic carbocycles. The van der Waals surface area contributed by atoms with Crippen molar-refractivity contribution in [3.8, 4) is 0 Å². The van der Waals surface area contributed by atoms with Crippen LogP contribution in [0.4, 0.5) is 0 Å². The molecule has 3 N–H and O–H groups in total. The minimum absolute atomic E-state index is 0.0262. The fraction of sp³-hybridized carbons (Fsp3) is 0.771. The first-order valence-corrected chi connectivity index (χ1v) is 16.9. The van der Waals surface area contributed by atoms with Crippen LogP contribution in [0.15, 0.2) is 23.0 Å². The van der Waals surface area contributed by atoms with Crippen LogP contribution in [0.25, 0.3) is 0 Å². The van der Waals surface area contributed by atoms with Gasteiger partial charge in [0.1, 0.15) is 17.8 Å². The molecular formula is C35H46O13. The second-order valence-electron chi connectivity index (χ2n) is 15.7. The summed E-state index contributed by atoms with van der Waals surface area (Å²) >= 11 is 0. The smallest absolute Gasteiger partial charge is 0.310 e. The lowest BCUT2D eigenvalue weighted by molar-refractivity contribution is -0.391. The summed E-state index contributed by atoms with van der Waals surface area (Å²) in [4.78, 5) is 53.7. The highest BCUT2D eigenvalue weighted by Gasteiger charge is 2.93. The number of rotatable bonds is 6. The molecule has 0 amide bonds. The summed E-state index contributed by atoms with van der Waals surface area (Å²) in [5.41, 5.74) is -6.03. The molecule has 6 aliphatic rings. The van der Waals surface area contributed by atoms with Gasteiger partial charge >= 0.3 is 17.9 Å². The fourth-order valence-electron chi connectivity index (χ4n) is 11.6. The maximum atomic E-state index is 15.3. The lowest BCUT2D eigenvalue weighted by Crippen LogP contribution is -2.84. The Morgan fingerprint density at radius 1 is 1.02 bits per heavy atom. The minimum atomic E-state index is -1.73. The quantitative estimate of drug-likeness (QED) is 0.226. The maximum absolute atomic E-state index is 15.3. The number of furan rings is 1. The number of carbonyl (C=O) groups excluding carboxylic acids is 4. The number of hydrogen-bond acceptors (Lipinski definition) is 13. The van der Waals surface area contributed by atoms with Gasteiger partial charge < -0.3 is 43.4 Å². The normalized spacial score (nSPS) is 50.6. The molecule has 0 aromatic carbocycles. The van der Waals surface area contributed by atoms with E-state index in [1.807, 2.05) is 19.9 Å². The van der Waals surface area contributed by atoms with Crippen LogP contribution in [0.1, 0.15) is 79.2 Å². The molecule has 2 aliphatic heterocycles. The van der Waals surface area contributed by atoms with Gasteiger partial charge in [-0.25, -0.2) is 0 Å². The van der Waals surface area contributed by atoms with Crippen molar-refractivity contribution in [2.24, 2.45) is 39.4 Å². The van der Waals surface area contributed by atoms with Crippen LogP contribution in [0.2, 0.25) is 0 Å². The lowest BCUT2D eigenvalue weighted by Gasteiger charge is -2.73. The monoisotopic (exact) mass is 674 g/mol. The topological polar surface area (TPSA) is 192 Å². The van der Waals surface area contributed by atoms with Gasteiger partial charge in [0, 0.05) is 36.5 Å². The van der Waals surface area contributed by atoms with Crippen molar-refractivity contribution in [2.45, 2.75) is 122 Å². The SMILES string of the molecule is CCC(C)C(=O)OC1OC[C@@]23[C@H]4C(=O)[C@H](OC(C)=O)[C@@]5(C)[C@H](c6ccoc6)C[C@H]6O[C@]65[C@]4(C)[C@H](O)C[C@H]2[C@]1(C)[C@H](OC(C)=O)[C@H](O)[C@@H]3O. The number of esters is 3. The number of fused-ring (bicyclic) bond motifs is 1. The van der Waals surface area contributed by atoms with Gasteiger partial charge in [-0.2, -0.15) is 0 Å². The minimum Gasteiger partial charge on any atom is -0.472 e. The van der Waals surface area contributed by atoms with Crippen LogP contribution in [0.5, 0.6) is 0 Å². The Hall–Kier alpha value is -2.84.